The molecule has 0 aliphatic carbocycles. The van der Waals surface area contributed by atoms with Gasteiger partial charge in [0.1, 0.15) is 17.8 Å². The summed E-state index contributed by atoms with van der Waals surface area (Å²) in [6.07, 6.45) is 8.24. The first-order chi connectivity index (χ1) is 14.7. The fraction of sp³-hybridized carbons (Fsp3) is 0.458. The molecule has 0 bridgehead atoms. The molecule has 0 spiro atoms. The topological polar surface area (TPSA) is 73.9 Å². The van der Waals surface area contributed by atoms with Crippen molar-refractivity contribution in [2.75, 3.05) is 29.9 Å². The SMILES string of the molecule is CCc1cccc(CC)c1NCC(=O)CC1CCCN(c2ncnc3[nH]ccc23)C1. The number of anilines is 2. The van der Waals surface area contributed by atoms with Crippen molar-refractivity contribution >= 4 is 28.3 Å². The maximum atomic E-state index is 12.8. The van der Waals surface area contributed by atoms with Crippen LogP contribution in [-0.2, 0) is 17.6 Å². The predicted octanol–water partition coefficient (Wildman–Crippen LogP) is 4.37. The molecule has 1 atom stereocenters. The van der Waals surface area contributed by atoms with E-state index in [2.05, 4.69) is 57.2 Å². The van der Waals surface area contributed by atoms with Crippen molar-refractivity contribution < 1.29 is 4.79 Å². The van der Waals surface area contributed by atoms with E-state index in [1.54, 1.807) is 6.33 Å². The van der Waals surface area contributed by atoms with Crippen LogP contribution >= 0.6 is 0 Å². The van der Waals surface area contributed by atoms with E-state index in [4.69, 9.17) is 0 Å². The van der Waals surface area contributed by atoms with Crippen molar-refractivity contribution in [1.82, 2.24) is 15.0 Å². The van der Waals surface area contributed by atoms with Crippen LogP contribution in [0.25, 0.3) is 11.0 Å². The van der Waals surface area contributed by atoms with Gasteiger partial charge in [-0.05, 0) is 48.8 Å². The van der Waals surface area contributed by atoms with Gasteiger partial charge < -0.3 is 15.2 Å². The number of rotatable bonds is 8. The van der Waals surface area contributed by atoms with E-state index in [9.17, 15) is 4.79 Å². The fourth-order valence-electron chi connectivity index (χ4n) is 4.59. The number of hydrogen-bond donors (Lipinski definition) is 2. The van der Waals surface area contributed by atoms with Crippen molar-refractivity contribution in [3.63, 3.8) is 0 Å². The summed E-state index contributed by atoms with van der Waals surface area (Å²) in [5.74, 6) is 1.62. The average Bonchev–Trinajstić information content (AvgIpc) is 3.26. The molecule has 0 amide bonds. The van der Waals surface area contributed by atoms with Gasteiger partial charge in [0.25, 0.3) is 0 Å². The Balaban J connectivity index is 1.38. The number of aromatic nitrogens is 3. The molecule has 2 N–H and O–H groups in total. The highest BCUT2D eigenvalue weighted by molar-refractivity contribution is 5.87. The molecule has 1 aliphatic heterocycles. The van der Waals surface area contributed by atoms with Crippen LogP contribution in [0.5, 0.6) is 0 Å². The first kappa shape index (κ1) is 20.4. The summed E-state index contributed by atoms with van der Waals surface area (Å²) in [5.41, 5.74) is 4.58. The van der Waals surface area contributed by atoms with Crippen molar-refractivity contribution in [3.05, 3.63) is 47.9 Å². The quantitative estimate of drug-likeness (QED) is 0.582. The van der Waals surface area contributed by atoms with Crippen molar-refractivity contribution in [1.29, 1.82) is 0 Å². The van der Waals surface area contributed by atoms with Crippen LogP contribution in [0.15, 0.2) is 36.8 Å². The molecular formula is C24H31N5O. The molecule has 0 radical (unpaired) electrons. The van der Waals surface area contributed by atoms with Gasteiger partial charge in [0.2, 0.25) is 0 Å². The molecule has 1 saturated heterocycles. The van der Waals surface area contributed by atoms with E-state index >= 15 is 0 Å². The number of nitrogens with one attached hydrogen (secondary N) is 2. The minimum Gasteiger partial charge on any atom is -0.378 e. The number of aromatic amines is 1. The number of Topliss-reactive ketones (excluding diaryl/α,β-unsaturated/α-hetero) is 1. The van der Waals surface area contributed by atoms with Crippen LogP contribution in [0.2, 0.25) is 0 Å². The second kappa shape index (κ2) is 9.28. The third-order valence-electron chi connectivity index (χ3n) is 6.13. The molecule has 158 valence electrons. The number of nitrogens with zero attached hydrogens (tertiary/aromatic N) is 3. The van der Waals surface area contributed by atoms with Crippen LogP contribution in [0.3, 0.4) is 0 Å². The number of aryl methyl sites for hydroxylation is 2. The second-order valence-corrected chi connectivity index (χ2v) is 8.15. The Labute approximate surface area is 178 Å². The Morgan fingerprint density at radius 1 is 1.20 bits per heavy atom. The lowest BCUT2D eigenvalue weighted by Gasteiger charge is -2.33. The standard InChI is InChI=1S/C24H31N5O/c1-3-18-8-5-9-19(4-2)22(18)26-14-20(30)13-17-7-6-12-29(15-17)24-21-10-11-25-23(21)27-16-28-24/h5,8-11,16-17,26H,3-4,6-7,12-15H2,1-2H3,(H,25,27,28). The van der Waals surface area contributed by atoms with Crippen LogP contribution in [0, 0.1) is 5.92 Å². The summed E-state index contributed by atoms with van der Waals surface area (Å²) in [6, 6.07) is 8.43. The van der Waals surface area contributed by atoms with Gasteiger partial charge in [-0.2, -0.15) is 0 Å². The molecule has 1 aromatic carbocycles. The molecular weight excluding hydrogens is 374 g/mol. The Kier molecular flexibility index (Phi) is 6.31. The monoisotopic (exact) mass is 405 g/mol. The van der Waals surface area contributed by atoms with E-state index < -0.39 is 0 Å². The molecule has 1 unspecified atom stereocenters. The van der Waals surface area contributed by atoms with E-state index in [0.29, 0.717) is 18.9 Å². The summed E-state index contributed by atoms with van der Waals surface area (Å²) >= 11 is 0. The molecule has 6 heteroatoms. The summed E-state index contributed by atoms with van der Waals surface area (Å²) < 4.78 is 0. The Hall–Kier alpha value is -2.89. The summed E-state index contributed by atoms with van der Waals surface area (Å²) in [5, 5.41) is 4.50. The maximum absolute atomic E-state index is 12.8. The average molecular weight is 406 g/mol. The van der Waals surface area contributed by atoms with E-state index in [1.807, 2.05) is 12.3 Å². The Morgan fingerprint density at radius 2 is 2.00 bits per heavy atom. The lowest BCUT2D eigenvalue weighted by atomic mass is 9.92. The minimum absolute atomic E-state index is 0.282. The lowest BCUT2D eigenvalue weighted by Crippen LogP contribution is -2.37. The van der Waals surface area contributed by atoms with Gasteiger partial charge >= 0.3 is 0 Å². The van der Waals surface area contributed by atoms with E-state index in [1.165, 1.54) is 11.1 Å². The Bertz CT molecular complexity index is 990. The number of fused-ring (bicyclic) bond motifs is 1. The minimum atomic E-state index is 0.282. The van der Waals surface area contributed by atoms with Gasteiger partial charge in [-0.15, -0.1) is 0 Å². The molecule has 2 aromatic heterocycles. The number of ketones is 1. The number of piperidine rings is 1. The second-order valence-electron chi connectivity index (χ2n) is 8.15. The van der Waals surface area contributed by atoms with Gasteiger partial charge in [-0.1, -0.05) is 32.0 Å². The van der Waals surface area contributed by atoms with Crippen LogP contribution in [0.4, 0.5) is 11.5 Å². The molecule has 30 heavy (non-hydrogen) atoms. The van der Waals surface area contributed by atoms with Gasteiger partial charge in [-0.3, -0.25) is 4.79 Å². The molecule has 3 heterocycles. The molecule has 3 aromatic rings. The number of carbonyl (C=O) groups excluding carboxylic acids is 1. The smallest absolute Gasteiger partial charge is 0.152 e. The first-order valence-corrected chi connectivity index (χ1v) is 11.1. The third-order valence-corrected chi connectivity index (χ3v) is 6.13. The van der Waals surface area contributed by atoms with Crippen LogP contribution < -0.4 is 10.2 Å². The first-order valence-electron chi connectivity index (χ1n) is 11.1. The number of H-pyrrole nitrogens is 1. The largest absolute Gasteiger partial charge is 0.378 e. The zero-order chi connectivity index (χ0) is 20.9. The fourth-order valence-corrected chi connectivity index (χ4v) is 4.59. The van der Waals surface area contributed by atoms with E-state index in [-0.39, 0.29) is 5.78 Å². The zero-order valence-electron chi connectivity index (χ0n) is 17.9. The van der Waals surface area contributed by atoms with Gasteiger partial charge in [0, 0.05) is 31.4 Å². The van der Waals surface area contributed by atoms with Gasteiger partial charge in [-0.25, -0.2) is 9.97 Å². The summed E-state index contributed by atoms with van der Waals surface area (Å²) in [4.78, 5) is 27.1. The highest BCUT2D eigenvalue weighted by Gasteiger charge is 2.24. The zero-order valence-corrected chi connectivity index (χ0v) is 17.9. The third kappa shape index (κ3) is 4.32. The van der Waals surface area contributed by atoms with E-state index in [0.717, 1.165) is 61.3 Å². The molecule has 0 saturated carbocycles. The van der Waals surface area contributed by atoms with Crippen molar-refractivity contribution in [2.45, 2.75) is 46.0 Å². The van der Waals surface area contributed by atoms with Crippen LogP contribution in [-0.4, -0.2) is 40.4 Å². The molecule has 1 aliphatic rings. The highest BCUT2D eigenvalue weighted by atomic mass is 16.1. The van der Waals surface area contributed by atoms with Crippen molar-refractivity contribution in [3.8, 4) is 0 Å². The summed E-state index contributed by atoms with van der Waals surface area (Å²) in [7, 11) is 0. The number of hydrogen-bond acceptors (Lipinski definition) is 5. The van der Waals surface area contributed by atoms with Gasteiger partial charge in [0.05, 0.1) is 11.9 Å². The van der Waals surface area contributed by atoms with Gasteiger partial charge in [0.15, 0.2) is 5.78 Å². The van der Waals surface area contributed by atoms with Crippen molar-refractivity contribution in [2.24, 2.45) is 5.92 Å². The maximum Gasteiger partial charge on any atom is 0.152 e. The summed E-state index contributed by atoms with van der Waals surface area (Å²) in [6.45, 7) is 6.56. The Morgan fingerprint density at radius 3 is 2.77 bits per heavy atom. The highest BCUT2D eigenvalue weighted by Crippen LogP contribution is 2.28. The predicted molar refractivity (Wildman–Crippen MR) is 122 cm³/mol. The number of benzene rings is 1. The lowest BCUT2D eigenvalue weighted by molar-refractivity contribution is -0.118. The number of para-hydroxylation sites is 1. The molecule has 1 fully saturated rings. The van der Waals surface area contributed by atoms with Crippen LogP contribution in [0.1, 0.15) is 44.2 Å². The normalized spacial score (nSPS) is 16.7. The molecule has 6 nitrogen and oxygen atoms in total. The molecule has 4 rings (SSSR count). The number of carbonyl (C=O) groups is 1.